The SMILES string of the molecule is O=C(N[C@H]1CCC[C@H]1C(=O)O)c1ccsc1. The zero-order chi connectivity index (χ0) is 11.5. The van der Waals surface area contributed by atoms with Crippen molar-refractivity contribution < 1.29 is 14.7 Å². The number of amides is 1. The summed E-state index contributed by atoms with van der Waals surface area (Å²) in [5.74, 6) is -1.41. The van der Waals surface area contributed by atoms with Gasteiger partial charge in [0.2, 0.25) is 0 Å². The molecule has 1 fully saturated rings. The van der Waals surface area contributed by atoms with Gasteiger partial charge in [-0.05, 0) is 24.3 Å². The molecule has 0 unspecified atom stereocenters. The molecule has 2 atom stereocenters. The number of carboxylic acid groups (broad SMARTS) is 1. The molecule has 0 saturated heterocycles. The van der Waals surface area contributed by atoms with E-state index in [2.05, 4.69) is 5.32 Å². The largest absolute Gasteiger partial charge is 0.481 e. The van der Waals surface area contributed by atoms with Crippen LogP contribution in [0.25, 0.3) is 0 Å². The first-order chi connectivity index (χ1) is 7.68. The van der Waals surface area contributed by atoms with Gasteiger partial charge in [-0.2, -0.15) is 11.3 Å². The molecule has 86 valence electrons. The highest BCUT2D eigenvalue weighted by Crippen LogP contribution is 2.26. The minimum Gasteiger partial charge on any atom is -0.481 e. The molecule has 0 spiro atoms. The summed E-state index contributed by atoms with van der Waals surface area (Å²) in [6, 6.07) is 1.52. The van der Waals surface area contributed by atoms with Gasteiger partial charge in [0.15, 0.2) is 0 Å². The monoisotopic (exact) mass is 239 g/mol. The van der Waals surface area contributed by atoms with Gasteiger partial charge in [-0.1, -0.05) is 6.42 Å². The van der Waals surface area contributed by atoms with E-state index in [9.17, 15) is 9.59 Å². The maximum absolute atomic E-state index is 11.7. The van der Waals surface area contributed by atoms with Crippen LogP contribution in [-0.4, -0.2) is 23.0 Å². The van der Waals surface area contributed by atoms with Crippen LogP contribution in [0.4, 0.5) is 0 Å². The summed E-state index contributed by atoms with van der Waals surface area (Å²) in [7, 11) is 0. The third kappa shape index (κ3) is 2.24. The second kappa shape index (κ2) is 4.65. The molecule has 0 bridgehead atoms. The number of hydrogen-bond donors (Lipinski definition) is 2. The average molecular weight is 239 g/mol. The van der Waals surface area contributed by atoms with Crippen molar-refractivity contribution in [1.29, 1.82) is 0 Å². The summed E-state index contributed by atoms with van der Waals surface area (Å²) in [6.45, 7) is 0. The molecular weight excluding hydrogens is 226 g/mol. The van der Waals surface area contributed by atoms with Crippen LogP contribution in [0, 0.1) is 5.92 Å². The summed E-state index contributed by atoms with van der Waals surface area (Å²) in [4.78, 5) is 22.7. The molecule has 1 amide bonds. The average Bonchev–Trinajstić information content (AvgIpc) is 2.86. The lowest BCUT2D eigenvalue weighted by Crippen LogP contribution is -2.40. The third-order valence-corrected chi connectivity index (χ3v) is 3.62. The van der Waals surface area contributed by atoms with Crippen molar-refractivity contribution in [2.45, 2.75) is 25.3 Å². The molecule has 1 saturated carbocycles. The number of thiophene rings is 1. The number of carbonyl (C=O) groups is 2. The van der Waals surface area contributed by atoms with Crippen molar-refractivity contribution in [3.63, 3.8) is 0 Å². The number of hydrogen-bond acceptors (Lipinski definition) is 3. The molecule has 1 aliphatic rings. The smallest absolute Gasteiger partial charge is 0.308 e. The fourth-order valence-electron chi connectivity index (χ4n) is 2.07. The van der Waals surface area contributed by atoms with Gasteiger partial charge in [0.1, 0.15) is 0 Å². The van der Waals surface area contributed by atoms with Crippen molar-refractivity contribution >= 4 is 23.2 Å². The predicted molar refractivity (Wildman–Crippen MR) is 60.6 cm³/mol. The zero-order valence-corrected chi connectivity index (χ0v) is 9.50. The predicted octanol–water partition coefficient (Wildman–Crippen LogP) is 1.73. The van der Waals surface area contributed by atoms with E-state index in [1.165, 1.54) is 11.3 Å². The van der Waals surface area contributed by atoms with Crippen LogP contribution in [-0.2, 0) is 4.79 Å². The van der Waals surface area contributed by atoms with Gasteiger partial charge in [-0.15, -0.1) is 0 Å². The van der Waals surface area contributed by atoms with Gasteiger partial charge in [-0.3, -0.25) is 9.59 Å². The molecule has 1 aromatic rings. The topological polar surface area (TPSA) is 66.4 Å². The zero-order valence-electron chi connectivity index (χ0n) is 8.68. The number of rotatable bonds is 3. The molecular formula is C11H13NO3S. The van der Waals surface area contributed by atoms with E-state index in [0.29, 0.717) is 12.0 Å². The Labute approximate surface area is 97.3 Å². The second-order valence-electron chi connectivity index (χ2n) is 3.97. The van der Waals surface area contributed by atoms with Gasteiger partial charge in [0.25, 0.3) is 5.91 Å². The molecule has 2 rings (SSSR count). The summed E-state index contributed by atoms with van der Waals surface area (Å²) >= 11 is 1.46. The summed E-state index contributed by atoms with van der Waals surface area (Å²) in [6.07, 6.45) is 2.28. The van der Waals surface area contributed by atoms with Crippen LogP contribution in [0.3, 0.4) is 0 Å². The lowest BCUT2D eigenvalue weighted by Gasteiger charge is -2.16. The Morgan fingerprint density at radius 2 is 2.25 bits per heavy atom. The van der Waals surface area contributed by atoms with Crippen LogP contribution in [0.1, 0.15) is 29.6 Å². The van der Waals surface area contributed by atoms with Gasteiger partial charge in [-0.25, -0.2) is 0 Å². The van der Waals surface area contributed by atoms with E-state index in [4.69, 9.17) is 5.11 Å². The van der Waals surface area contributed by atoms with Crippen molar-refractivity contribution in [2.24, 2.45) is 5.92 Å². The Bertz CT molecular complexity index is 388. The van der Waals surface area contributed by atoms with E-state index in [0.717, 1.165) is 12.8 Å². The van der Waals surface area contributed by atoms with Crippen molar-refractivity contribution in [1.82, 2.24) is 5.32 Å². The van der Waals surface area contributed by atoms with E-state index in [1.807, 2.05) is 5.38 Å². The second-order valence-corrected chi connectivity index (χ2v) is 4.75. The van der Waals surface area contributed by atoms with Crippen molar-refractivity contribution in [3.8, 4) is 0 Å². The quantitative estimate of drug-likeness (QED) is 0.844. The molecule has 2 N–H and O–H groups in total. The van der Waals surface area contributed by atoms with Gasteiger partial charge in [0, 0.05) is 17.0 Å². The Morgan fingerprint density at radius 1 is 1.44 bits per heavy atom. The summed E-state index contributed by atoms with van der Waals surface area (Å²) < 4.78 is 0. The highest BCUT2D eigenvalue weighted by atomic mass is 32.1. The van der Waals surface area contributed by atoms with Crippen LogP contribution in [0.2, 0.25) is 0 Å². The first kappa shape index (κ1) is 11.1. The van der Waals surface area contributed by atoms with E-state index < -0.39 is 11.9 Å². The number of nitrogens with one attached hydrogen (secondary N) is 1. The van der Waals surface area contributed by atoms with Gasteiger partial charge < -0.3 is 10.4 Å². The lowest BCUT2D eigenvalue weighted by atomic mass is 10.0. The third-order valence-electron chi connectivity index (χ3n) is 2.93. The Hall–Kier alpha value is -1.36. The van der Waals surface area contributed by atoms with Crippen molar-refractivity contribution in [2.75, 3.05) is 0 Å². The molecule has 0 aliphatic heterocycles. The fourth-order valence-corrected chi connectivity index (χ4v) is 2.71. The molecule has 1 aliphatic carbocycles. The first-order valence-corrected chi connectivity index (χ1v) is 6.18. The normalized spacial score (nSPS) is 24.2. The fraction of sp³-hybridized carbons (Fsp3) is 0.455. The van der Waals surface area contributed by atoms with Crippen LogP contribution < -0.4 is 5.32 Å². The van der Waals surface area contributed by atoms with E-state index >= 15 is 0 Å². The minimum absolute atomic E-state index is 0.167. The van der Waals surface area contributed by atoms with Gasteiger partial charge >= 0.3 is 5.97 Å². The summed E-state index contributed by atoms with van der Waals surface area (Å²) in [5, 5.41) is 15.4. The standard InChI is InChI=1S/C11H13NO3S/c13-10(7-4-5-16-6-7)12-9-3-1-2-8(9)11(14)15/h4-6,8-9H,1-3H2,(H,12,13)(H,14,15)/t8-,9+/m1/s1. The number of carboxylic acids is 1. The summed E-state index contributed by atoms with van der Waals surface area (Å²) in [5.41, 5.74) is 0.612. The minimum atomic E-state index is -0.812. The molecule has 16 heavy (non-hydrogen) atoms. The van der Waals surface area contributed by atoms with Gasteiger partial charge in [0.05, 0.1) is 5.92 Å². The Balaban J connectivity index is 1.99. The van der Waals surface area contributed by atoms with Crippen LogP contribution in [0.5, 0.6) is 0 Å². The van der Waals surface area contributed by atoms with Crippen LogP contribution in [0.15, 0.2) is 16.8 Å². The lowest BCUT2D eigenvalue weighted by molar-refractivity contribution is -0.142. The number of carbonyl (C=O) groups excluding carboxylic acids is 1. The van der Waals surface area contributed by atoms with Crippen molar-refractivity contribution in [3.05, 3.63) is 22.4 Å². The molecule has 1 heterocycles. The molecule has 4 nitrogen and oxygen atoms in total. The Morgan fingerprint density at radius 3 is 2.88 bits per heavy atom. The highest BCUT2D eigenvalue weighted by Gasteiger charge is 2.33. The van der Waals surface area contributed by atoms with E-state index in [-0.39, 0.29) is 11.9 Å². The maximum Gasteiger partial charge on any atom is 0.308 e. The molecule has 1 aromatic heterocycles. The highest BCUT2D eigenvalue weighted by molar-refractivity contribution is 7.08. The molecule has 5 heteroatoms. The Kier molecular flexibility index (Phi) is 3.24. The molecule has 0 radical (unpaired) electrons. The van der Waals surface area contributed by atoms with Crippen LogP contribution >= 0.6 is 11.3 Å². The maximum atomic E-state index is 11.7. The first-order valence-electron chi connectivity index (χ1n) is 5.24. The number of aliphatic carboxylic acids is 1. The van der Waals surface area contributed by atoms with E-state index in [1.54, 1.807) is 11.4 Å². The molecule has 0 aromatic carbocycles.